The second kappa shape index (κ2) is 7.20. The number of hydrogen-bond acceptors (Lipinski definition) is 4. The summed E-state index contributed by atoms with van der Waals surface area (Å²) in [5.41, 5.74) is 2.54. The lowest BCUT2D eigenvalue weighted by atomic mass is 9.83. The Morgan fingerprint density at radius 1 is 0.848 bits per heavy atom. The van der Waals surface area contributed by atoms with Gasteiger partial charge in [0.25, 0.3) is 0 Å². The van der Waals surface area contributed by atoms with Gasteiger partial charge in [-0.3, -0.25) is 4.79 Å². The molecule has 5 rings (SSSR count). The topological polar surface area (TPSA) is 87.7 Å². The normalized spacial score (nSPS) is 12.0. The van der Waals surface area contributed by atoms with E-state index in [0.29, 0.717) is 33.2 Å². The fraction of sp³-hybridized carbons (Fsp3) is 0.143. The molecule has 0 aliphatic carbocycles. The van der Waals surface area contributed by atoms with Gasteiger partial charge in [-0.25, -0.2) is 4.79 Å². The summed E-state index contributed by atoms with van der Waals surface area (Å²) in [6.07, 6.45) is 0. The Balaban J connectivity index is 2.10. The van der Waals surface area contributed by atoms with Crippen molar-refractivity contribution in [3.05, 3.63) is 88.1 Å². The van der Waals surface area contributed by atoms with Crippen molar-refractivity contribution < 1.29 is 19.4 Å². The van der Waals surface area contributed by atoms with E-state index >= 15 is 0 Å². The molecule has 5 nitrogen and oxygen atoms in total. The molecule has 0 radical (unpaired) electrons. The zero-order valence-corrected chi connectivity index (χ0v) is 18.5. The van der Waals surface area contributed by atoms with Crippen molar-refractivity contribution in [2.45, 2.75) is 26.2 Å². The maximum atomic E-state index is 12.1. The van der Waals surface area contributed by atoms with Crippen LogP contribution in [0, 0.1) is 0 Å². The Bertz CT molecular complexity index is 1650. The minimum Gasteiger partial charge on any atom is -0.508 e. The van der Waals surface area contributed by atoms with E-state index in [9.17, 15) is 19.8 Å². The standard InChI is InChI=1S/C28H22O5/c1-28(2,3)24-22(30)13-12-21-23(18-6-4-5-7-19(18)27(31)32)20-10-8-15-14-16(29)9-11-17(15)25(20)33-26(21)24/h4-14,30H,1-3H3,(H,31,32). The van der Waals surface area contributed by atoms with Crippen LogP contribution in [-0.2, 0) is 5.41 Å². The monoisotopic (exact) mass is 438 g/mol. The molecule has 5 aromatic rings. The van der Waals surface area contributed by atoms with Crippen LogP contribution in [0.2, 0.25) is 0 Å². The first-order valence-electron chi connectivity index (χ1n) is 10.7. The van der Waals surface area contributed by atoms with Gasteiger partial charge >= 0.3 is 5.97 Å². The molecular formula is C28H22O5. The zero-order valence-electron chi connectivity index (χ0n) is 18.5. The quantitative estimate of drug-likeness (QED) is 0.244. The molecule has 0 spiro atoms. The molecule has 5 heteroatoms. The van der Waals surface area contributed by atoms with Crippen molar-refractivity contribution in [1.29, 1.82) is 0 Å². The molecule has 33 heavy (non-hydrogen) atoms. The second-order valence-corrected chi connectivity index (χ2v) is 9.24. The first-order chi connectivity index (χ1) is 15.7. The predicted octanol–water partition coefficient (Wildman–Crippen LogP) is 6.47. The molecule has 2 N–H and O–H groups in total. The van der Waals surface area contributed by atoms with E-state index in [-0.39, 0.29) is 16.7 Å². The first kappa shape index (κ1) is 20.8. The van der Waals surface area contributed by atoms with E-state index in [2.05, 4.69) is 0 Å². The van der Waals surface area contributed by atoms with Crippen LogP contribution in [0.3, 0.4) is 0 Å². The van der Waals surface area contributed by atoms with Crippen LogP contribution >= 0.6 is 0 Å². The van der Waals surface area contributed by atoms with Crippen molar-refractivity contribution >= 4 is 38.7 Å². The Hall–Kier alpha value is -4.12. The van der Waals surface area contributed by atoms with Gasteiger partial charge in [-0.05, 0) is 58.8 Å². The summed E-state index contributed by atoms with van der Waals surface area (Å²) in [4.78, 5) is 24.0. The number of carboxylic acids is 1. The molecule has 0 atom stereocenters. The molecule has 0 saturated heterocycles. The summed E-state index contributed by atoms with van der Waals surface area (Å²) < 4.78 is 6.49. The van der Waals surface area contributed by atoms with Crippen LogP contribution in [0.25, 0.3) is 43.8 Å². The average Bonchev–Trinajstić information content (AvgIpc) is 2.76. The van der Waals surface area contributed by atoms with Crippen LogP contribution < -0.4 is 5.43 Å². The van der Waals surface area contributed by atoms with Crippen molar-refractivity contribution in [2.24, 2.45) is 0 Å². The van der Waals surface area contributed by atoms with Gasteiger partial charge in [0.15, 0.2) is 5.43 Å². The SMILES string of the molecule is CC(C)(C)c1c(O)ccc2c(-c3ccccc3C(=O)O)c3ccc4cc(=O)ccc4c3oc12. The highest BCUT2D eigenvalue weighted by Crippen LogP contribution is 2.45. The number of phenolic OH excluding ortho intramolecular Hbond substituents is 1. The molecule has 0 bridgehead atoms. The van der Waals surface area contributed by atoms with Gasteiger partial charge in [-0.1, -0.05) is 45.0 Å². The highest BCUT2D eigenvalue weighted by atomic mass is 16.4. The lowest BCUT2D eigenvalue weighted by Gasteiger charge is -2.23. The Kier molecular flexibility index (Phi) is 4.53. The summed E-state index contributed by atoms with van der Waals surface area (Å²) in [6, 6.07) is 18.7. The zero-order chi connectivity index (χ0) is 23.5. The molecule has 164 valence electrons. The Morgan fingerprint density at radius 3 is 2.24 bits per heavy atom. The third kappa shape index (κ3) is 3.24. The number of carboxylic acid groups (broad SMARTS) is 1. The minimum absolute atomic E-state index is 0.105. The minimum atomic E-state index is -1.03. The molecule has 0 aliphatic rings. The third-order valence-corrected chi connectivity index (χ3v) is 6.00. The lowest BCUT2D eigenvalue weighted by molar-refractivity contribution is 0.0697. The highest BCUT2D eigenvalue weighted by Gasteiger charge is 2.26. The fourth-order valence-corrected chi connectivity index (χ4v) is 4.61. The first-order valence-corrected chi connectivity index (χ1v) is 10.7. The van der Waals surface area contributed by atoms with Crippen LogP contribution in [0.15, 0.2) is 75.9 Å². The summed E-state index contributed by atoms with van der Waals surface area (Å²) in [5, 5.41) is 23.6. The number of fused-ring (bicyclic) bond motifs is 4. The van der Waals surface area contributed by atoms with Gasteiger partial charge in [-0.2, -0.15) is 0 Å². The van der Waals surface area contributed by atoms with Crippen molar-refractivity contribution in [2.75, 3.05) is 0 Å². The van der Waals surface area contributed by atoms with Gasteiger partial charge in [-0.15, -0.1) is 0 Å². The molecule has 0 aliphatic heterocycles. The van der Waals surface area contributed by atoms with Gasteiger partial charge in [0.1, 0.15) is 16.9 Å². The molecule has 4 aromatic carbocycles. The Labute approximate surface area is 189 Å². The highest BCUT2D eigenvalue weighted by molar-refractivity contribution is 6.17. The molecule has 0 saturated carbocycles. The molecule has 0 fully saturated rings. The summed E-state index contributed by atoms with van der Waals surface area (Å²) in [6.45, 7) is 5.96. The number of hydrogen-bond donors (Lipinski definition) is 2. The number of aromatic carboxylic acids is 1. The predicted molar refractivity (Wildman–Crippen MR) is 130 cm³/mol. The van der Waals surface area contributed by atoms with Crippen LogP contribution in [0.1, 0.15) is 36.7 Å². The van der Waals surface area contributed by atoms with E-state index in [1.807, 2.05) is 32.9 Å². The number of benzene rings is 4. The molecule has 1 heterocycles. The van der Waals surface area contributed by atoms with E-state index in [1.165, 1.54) is 6.07 Å². The maximum Gasteiger partial charge on any atom is 0.336 e. The number of phenols is 1. The lowest BCUT2D eigenvalue weighted by Crippen LogP contribution is -2.12. The summed E-state index contributed by atoms with van der Waals surface area (Å²) in [7, 11) is 0. The smallest absolute Gasteiger partial charge is 0.336 e. The van der Waals surface area contributed by atoms with Crippen molar-refractivity contribution in [1.82, 2.24) is 0 Å². The average molecular weight is 438 g/mol. The van der Waals surface area contributed by atoms with Gasteiger partial charge in [0, 0.05) is 27.3 Å². The number of carbonyl (C=O) groups is 1. The number of rotatable bonds is 2. The second-order valence-electron chi connectivity index (χ2n) is 9.24. The Morgan fingerprint density at radius 2 is 1.52 bits per heavy atom. The van der Waals surface area contributed by atoms with Crippen molar-refractivity contribution in [3.63, 3.8) is 0 Å². The van der Waals surface area contributed by atoms with Crippen LogP contribution in [0.5, 0.6) is 5.75 Å². The molecule has 0 unspecified atom stereocenters. The van der Waals surface area contributed by atoms with Crippen LogP contribution in [0.4, 0.5) is 0 Å². The van der Waals surface area contributed by atoms with Gasteiger partial charge < -0.3 is 14.6 Å². The van der Waals surface area contributed by atoms with Crippen LogP contribution in [-0.4, -0.2) is 16.2 Å². The molecule has 1 aromatic heterocycles. The van der Waals surface area contributed by atoms with Crippen molar-refractivity contribution in [3.8, 4) is 16.9 Å². The van der Waals surface area contributed by atoms with Gasteiger partial charge in [0.2, 0.25) is 0 Å². The van der Waals surface area contributed by atoms with E-state index in [0.717, 1.165) is 16.2 Å². The maximum absolute atomic E-state index is 12.1. The summed E-state index contributed by atoms with van der Waals surface area (Å²) in [5.74, 6) is -0.919. The van der Waals surface area contributed by atoms with Gasteiger partial charge in [0.05, 0.1) is 5.56 Å². The summed E-state index contributed by atoms with van der Waals surface area (Å²) >= 11 is 0. The number of aromatic hydroxyl groups is 1. The third-order valence-electron chi connectivity index (χ3n) is 6.00. The molecule has 0 amide bonds. The largest absolute Gasteiger partial charge is 0.508 e. The van der Waals surface area contributed by atoms with E-state index in [4.69, 9.17) is 4.42 Å². The van der Waals surface area contributed by atoms with E-state index in [1.54, 1.807) is 48.5 Å². The molecular weight excluding hydrogens is 416 g/mol. The fourth-order valence-electron chi connectivity index (χ4n) is 4.61. The van der Waals surface area contributed by atoms with E-state index < -0.39 is 11.4 Å².